The Morgan fingerprint density at radius 3 is 2.79 bits per heavy atom. The van der Waals surface area contributed by atoms with E-state index in [9.17, 15) is 0 Å². The van der Waals surface area contributed by atoms with Gasteiger partial charge >= 0.3 is 0 Å². The number of ether oxygens (including phenoxy) is 2. The van der Waals surface area contributed by atoms with Crippen LogP contribution in [0.5, 0.6) is 0 Å². The minimum Gasteiger partial charge on any atom is -0.382 e. The second kappa shape index (κ2) is 9.14. The zero-order chi connectivity index (χ0) is 19.2. The van der Waals surface area contributed by atoms with Crippen LogP contribution in [0, 0.1) is 0 Å². The molecule has 0 amide bonds. The van der Waals surface area contributed by atoms with Gasteiger partial charge < -0.3 is 19.4 Å². The lowest BCUT2D eigenvalue weighted by molar-refractivity contribution is 0.0615. The highest BCUT2D eigenvalue weighted by Crippen LogP contribution is 2.21. The molecular weight excluding hydrogens is 354 g/mol. The van der Waals surface area contributed by atoms with E-state index in [4.69, 9.17) is 9.47 Å². The normalized spacial score (nSPS) is 15.4. The molecule has 1 saturated heterocycles. The Balaban J connectivity index is 1.34. The molecular formula is C21H27N5O2. The quantitative estimate of drug-likeness (QED) is 0.605. The molecule has 0 atom stereocenters. The van der Waals surface area contributed by atoms with Crippen LogP contribution in [0.25, 0.3) is 10.9 Å². The van der Waals surface area contributed by atoms with E-state index in [0.29, 0.717) is 19.8 Å². The summed E-state index contributed by atoms with van der Waals surface area (Å²) >= 11 is 0. The number of H-pyrrole nitrogens is 1. The first-order valence-electron chi connectivity index (χ1n) is 9.73. The van der Waals surface area contributed by atoms with E-state index in [-0.39, 0.29) is 0 Å². The lowest BCUT2D eigenvalue weighted by atomic mass is 10.2. The number of rotatable bonds is 8. The topological polar surface area (TPSA) is 66.5 Å². The summed E-state index contributed by atoms with van der Waals surface area (Å²) in [5, 5.41) is 1.27. The Kier molecular flexibility index (Phi) is 6.16. The first kappa shape index (κ1) is 18.9. The number of benzene rings is 1. The average Bonchev–Trinajstić information content (AvgIpc) is 3.14. The SMILES string of the molecule is COCCOCc1cncnc1N1CCN(Cc2cc3ccccc3[nH]2)CC1. The molecule has 0 spiro atoms. The van der Waals surface area contributed by atoms with E-state index < -0.39 is 0 Å². The highest BCUT2D eigenvalue weighted by Gasteiger charge is 2.21. The zero-order valence-corrected chi connectivity index (χ0v) is 16.3. The maximum absolute atomic E-state index is 5.67. The van der Waals surface area contributed by atoms with Crippen LogP contribution in [0.4, 0.5) is 5.82 Å². The summed E-state index contributed by atoms with van der Waals surface area (Å²) in [4.78, 5) is 17.0. The molecule has 0 bridgehead atoms. The zero-order valence-electron chi connectivity index (χ0n) is 16.3. The van der Waals surface area contributed by atoms with Crippen LogP contribution < -0.4 is 4.90 Å². The van der Waals surface area contributed by atoms with Crippen molar-refractivity contribution in [3.63, 3.8) is 0 Å². The van der Waals surface area contributed by atoms with E-state index in [1.54, 1.807) is 13.4 Å². The Hall–Kier alpha value is -2.48. The lowest BCUT2D eigenvalue weighted by Gasteiger charge is -2.35. The van der Waals surface area contributed by atoms with Gasteiger partial charge in [0.2, 0.25) is 0 Å². The predicted molar refractivity (Wildman–Crippen MR) is 109 cm³/mol. The molecule has 1 aliphatic rings. The van der Waals surface area contributed by atoms with Crippen LogP contribution in [0.15, 0.2) is 42.9 Å². The molecule has 1 fully saturated rings. The second-order valence-corrected chi connectivity index (χ2v) is 7.06. The van der Waals surface area contributed by atoms with Gasteiger partial charge in [0.05, 0.1) is 19.8 Å². The molecule has 0 radical (unpaired) electrons. The highest BCUT2D eigenvalue weighted by molar-refractivity contribution is 5.80. The Bertz CT molecular complexity index is 856. The molecule has 28 heavy (non-hydrogen) atoms. The van der Waals surface area contributed by atoms with Gasteiger partial charge in [0.1, 0.15) is 12.1 Å². The number of hydrogen-bond donors (Lipinski definition) is 1. The van der Waals surface area contributed by atoms with Crippen LogP contribution in [0.2, 0.25) is 0 Å². The van der Waals surface area contributed by atoms with Crippen molar-refractivity contribution in [2.24, 2.45) is 0 Å². The Morgan fingerprint density at radius 1 is 1.11 bits per heavy atom. The van der Waals surface area contributed by atoms with Gasteiger partial charge in [0.25, 0.3) is 0 Å². The molecule has 2 aromatic heterocycles. The minimum atomic E-state index is 0.509. The molecule has 7 nitrogen and oxygen atoms in total. The summed E-state index contributed by atoms with van der Waals surface area (Å²) in [7, 11) is 1.68. The third kappa shape index (κ3) is 4.49. The summed E-state index contributed by atoms with van der Waals surface area (Å²) in [6.07, 6.45) is 3.47. The van der Waals surface area contributed by atoms with Crippen molar-refractivity contribution in [2.45, 2.75) is 13.2 Å². The average molecular weight is 381 g/mol. The maximum Gasteiger partial charge on any atom is 0.137 e. The molecule has 0 unspecified atom stereocenters. The molecule has 0 saturated carbocycles. The molecule has 1 aliphatic heterocycles. The fourth-order valence-corrected chi connectivity index (χ4v) is 3.64. The number of nitrogens with zero attached hydrogens (tertiary/aromatic N) is 4. The van der Waals surface area contributed by atoms with Crippen LogP contribution in [0.3, 0.4) is 0 Å². The van der Waals surface area contributed by atoms with Crippen molar-refractivity contribution in [1.82, 2.24) is 19.9 Å². The van der Waals surface area contributed by atoms with Crippen molar-refractivity contribution in [1.29, 1.82) is 0 Å². The van der Waals surface area contributed by atoms with E-state index >= 15 is 0 Å². The number of aromatic amines is 1. The van der Waals surface area contributed by atoms with Gasteiger partial charge in [0.15, 0.2) is 0 Å². The van der Waals surface area contributed by atoms with Crippen molar-refractivity contribution in [2.75, 3.05) is 51.4 Å². The Labute approximate surface area is 165 Å². The molecule has 7 heteroatoms. The van der Waals surface area contributed by atoms with Gasteiger partial charge in [-0.1, -0.05) is 18.2 Å². The van der Waals surface area contributed by atoms with Crippen LogP contribution in [0.1, 0.15) is 11.3 Å². The minimum absolute atomic E-state index is 0.509. The standard InChI is InChI=1S/C21H27N5O2/c1-27-10-11-28-15-18-13-22-16-23-21(18)26-8-6-25(7-9-26)14-19-12-17-4-2-3-5-20(17)24-19/h2-5,12-13,16,24H,6-11,14-15H2,1H3. The predicted octanol–water partition coefficient (Wildman–Crippen LogP) is 2.44. The van der Waals surface area contributed by atoms with Gasteiger partial charge in [-0.25, -0.2) is 9.97 Å². The molecule has 148 valence electrons. The fourth-order valence-electron chi connectivity index (χ4n) is 3.64. The first-order valence-corrected chi connectivity index (χ1v) is 9.73. The number of nitrogens with one attached hydrogen (secondary N) is 1. The van der Waals surface area contributed by atoms with E-state index in [0.717, 1.165) is 44.1 Å². The van der Waals surface area contributed by atoms with Gasteiger partial charge in [-0.05, 0) is 17.5 Å². The third-order valence-corrected chi connectivity index (χ3v) is 5.11. The Morgan fingerprint density at radius 2 is 1.96 bits per heavy atom. The number of hydrogen-bond acceptors (Lipinski definition) is 6. The number of aromatic nitrogens is 3. The molecule has 0 aliphatic carbocycles. The number of fused-ring (bicyclic) bond motifs is 1. The van der Waals surface area contributed by atoms with E-state index in [1.807, 2.05) is 6.20 Å². The first-order chi connectivity index (χ1) is 13.8. The van der Waals surface area contributed by atoms with Crippen molar-refractivity contribution in [3.8, 4) is 0 Å². The van der Waals surface area contributed by atoms with Gasteiger partial charge in [-0.2, -0.15) is 0 Å². The summed E-state index contributed by atoms with van der Waals surface area (Å²) in [6, 6.07) is 10.7. The molecule has 3 aromatic rings. The summed E-state index contributed by atoms with van der Waals surface area (Å²) < 4.78 is 10.7. The third-order valence-electron chi connectivity index (χ3n) is 5.11. The lowest BCUT2D eigenvalue weighted by Crippen LogP contribution is -2.46. The molecule has 1 aromatic carbocycles. The van der Waals surface area contributed by atoms with Crippen LogP contribution in [-0.2, 0) is 22.6 Å². The monoisotopic (exact) mass is 381 g/mol. The maximum atomic E-state index is 5.67. The van der Waals surface area contributed by atoms with Crippen LogP contribution in [-0.4, -0.2) is 66.4 Å². The van der Waals surface area contributed by atoms with Gasteiger partial charge in [0, 0.05) is 62.8 Å². The number of anilines is 1. The van der Waals surface area contributed by atoms with Crippen molar-refractivity contribution >= 4 is 16.7 Å². The van der Waals surface area contributed by atoms with Gasteiger partial charge in [-0.3, -0.25) is 4.90 Å². The summed E-state index contributed by atoms with van der Waals surface area (Å²) in [6.45, 7) is 6.52. The van der Waals surface area contributed by atoms with Crippen LogP contribution >= 0.6 is 0 Å². The van der Waals surface area contributed by atoms with Crippen molar-refractivity contribution < 1.29 is 9.47 Å². The van der Waals surface area contributed by atoms with Crippen molar-refractivity contribution in [3.05, 3.63) is 54.1 Å². The van der Waals surface area contributed by atoms with E-state index in [2.05, 4.69) is 55.1 Å². The largest absolute Gasteiger partial charge is 0.382 e. The highest BCUT2D eigenvalue weighted by atomic mass is 16.5. The number of piperazine rings is 1. The summed E-state index contributed by atoms with van der Waals surface area (Å²) in [5.74, 6) is 0.984. The number of para-hydroxylation sites is 1. The molecule has 1 N–H and O–H groups in total. The fraction of sp³-hybridized carbons (Fsp3) is 0.429. The summed E-state index contributed by atoms with van der Waals surface area (Å²) in [5.41, 5.74) is 3.50. The van der Waals surface area contributed by atoms with E-state index in [1.165, 1.54) is 16.6 Å². The molecule has 3 heterocycles. The van der Waals surface area contributed by atoms with Gasteiger partial charge in [-0.15, -0.1) is 0 Å². The second-order valence-electron chi connectivity index (χ2n) is 7.06. The number of methoxy groups -OCH3 is 1. The smallest absolute Gasteiger partial charge is 0.137 e. The molecule has 4 rings (SSSR count).